The largest absolute Gasteiger partial charge is 0.481 e. The second-order valence-corrected chi connectivity index (χ2v) is 9.06. The minimum atomic E-state index is -0.771. The van der Waals surface area contributed by atoms with E-state index in [1.165, 1.54) is 0 Å². The maximum Gasteiger partial charge on any atom is 0.303 e. The van der Waals surface area contributed by atoms with E-state index in [1.807, 2.05) is 23.1 Å². The molecule has 1 atom stereocenters. The van der Waals surface area contributed by atoms with Gasteiger partial charge in [0.05, 0.1) is 16.6 Å². The third-order valence-corrected chi connectivity index (χ3v) is 6.97. The summed E-state index contributed by atoms with van der Waals surface area (Å²) in [6, 6.07) is 7.80. The van der Waals surface area contributed by atoms with Crippen LogP contribution in [0.25, 0.3) is 10.9 Å². The Morgan fingerprint density at radius 1 is 1.25 bits per heavy atom. The Morgan fingerprint density at radius 3 is 2.75 bits per heavy atom. The summed E-state index contributed by atoms with van der Waals surface area (Å²) < 4.78 is 0. The Hall–Kier alpha value is -2.69. The molecule has 1 aliphatic carbocycles. The van der Waals surface area contributed by atoms with Gasteiger partial charge in [0, 0.05) is 55.7 Å². The number of rotatable bonds is 6. The molecule has 0 bridgehead atoms. The molecule has 7 nitrogen and oxygen atoms in total. The summed E-state index contributed by atoms with van der Waals surface area (Å²) in [5.41, 5.74) is 3.38. The minimum Gasteiger partial charge on any atom is -0.481 e. The number of benzene rings is 1. The number of piperazine rings is 1. The normalized spacial score (nSPS) is 18.9. The van der Waals surface area contributed by atoms with E-state index in [0.717, 1.165) is 61.1 Å². The molecule has 168 valence electrons. The summed E-state index contributed by atoms with van der Waals surface area (Å²) in [6.07, 6.45) is 3.86. The van der Waals surface area contributed by atoms with Gasteiger partial charge >= 0.3 is 5.97 Å². The lowest BCUT2D eigenvalue weighted by molar-refractivity contribution is -0.137. The lowest BCUT2D eigenvalue weighted by Gasteiger charge is -2.34. The van der Waals surface area contributed by atoms with Crippen molar-refractivity contribution >= 4 is 34.4 Å². The molecule has 1 aromatic carbocycles. The highest BCUT2D eigenvalue weighted by Crippen LogP contribution is 2.36. The smallest absolute Gasteiger partial charge is 0.303 e. The van der Waals surface area contributed by atoms with Gasteiger partial charge in [-0.3, -0.25) is 19.5 Å². The number of aryl methyl sites for hydroxylation is 1. The van der Waals surface area contributed by atoms with Crippen molar-refractivity contribution in [3.8, 4) is 6.07 Å². The molecule has 1 saturated heterocycles. The number of nitriles is 1. The van der Waals surface area contributed by atoms with Crippen molar-refractivity contribution in [1.29, 1.82) is 5.26 Å². The highest BCUT2D eigenvalue weighted by Gasteiger charge is 2.25. The van der Waals surface area contributed by atoms with Crippen molar-refractivity contribution in [2.24, 2.45) is 5.92 Å². The standard InChI is InChI=1S/C24H27ClN4O3/c25-23-18-5-4-17(15-21(18)27-20-6-3-16(7-8-26)14-19(20)23)24(32)29-12-10-28(11-13-29)9-1-2-22(30)31/h4-5,15-16H,1-3,6-7,9-14H2,(H,30,31). The highest BCUT2D eigenvalue weighted by molar-refractivity contribution is 6.36. The van der Waals surface area contributed by atoms with E-state index in [4.69, 9.17) is 27.0 Å². The van der Waals surface area contributed by atoms with Crippen LogP contribution in [0.2, 0.25) is 5.02 Å². The lowest BCUT2D eigenvalue weighted by Crippen LogP contribution is -2.48. The molecule has 0 spiro atoms. The number of aliphatic carboxylic acids is 1. The molecule has 8 heteroatoms. The van der Waals surface area contributed by atoms with Gasteiger partial charge in [0.15, 0.2) is 0 Å². The van der Waals surface area contributed by atoms with Gasteiger partial charge < -0.3 is 10.0 Å². The number of aromatic nitrogens is 1. The molecule has 0 radical (unpaired) electrons. The van der Waals surface area contributed by atoms with Crippen LogP contribution < -0.4 is 0 Å². The molecule has 1 unspecified atom stereocenters. The third-order valence-electron chi connectivity index (χ3n) is 6.54. The molecule has 2 heterocycles. The number of carbonyl (C=O) groups excluding carboxylic acids is 1. The van der Waals surface area contributed by atoms with Crippen LogP contribution in [-0.4, -0.2) is 64.5 Å². The van der Waals surface area contributed by atoms with Crippen LogP contribution in [0.15, 0.2) is 18.2 Å². The van der Waals surface area contributed by atoms with Crippen molar-refractivity contribution in [2.75, 3.05) is 32.7 Å². The second kappa shape index (κ2) is 9.85. The van der Waals surface area contributed by atoms with Crippen LogP contribution in [0.3, 0.4) is 0 Å². The fraction of sp³-hybridized carbons (Fsp3) is 0.500. The number of halogens is 1. The fourth-order valence-corrected chi connectivity index (χ4v) is 5.05. The number of hydrogen-bond acceptors (Lipinski definition) is 5. The van der Waals surface area contributed by atoms with Gasteiger partial charge in [-0.2, -0.15) is 5.26 Å². The summed E-state index contributed by atoms with van der Waals surface area (Å²) in [7, 11) is 0. The van der Waals surface area contributed by atoms with Gasteiger partial charge in [0.25, 0.3) is 5.91 Å². The number of fused-ring (bicyclic) bond motifs is 2. The van der Waals surface area contributed by atoms with E-state index >= 15 is 0 Å². The van der Waals surface area contributed by atoms with E-state index in [9.17, 15) is 9.59 Å². The van der Waals surface area contributed by atoms with Gasteiger partial charge in [0.2, 0.25) is 0 Å². The van der Waals surface area contributed by atoms with Gasteiger partial charge in [-0.1, -0.05) is 17.7 Å². The van der Waals surface area contributed by atoms with Gasteiger partial charge in [0.1, 0.15) is 0 Å². The number of pyridine rings is 1. The molecule has 4 rings (SSSR count). The number of hydrogen-bond donors (Lipinski definition) is 1. The van der Waals surface area contributed by atoms with Crippen molar-refractivity contribution in [3.05, 3.63) is 40.0 Å². The van der Waals surface area contributed by atoms with Crippen LogP contribution in [-0.2, 0) is 17.6 Å². The Morgan fingerprint density at radius 2 is 2.03 bits per heavy atom. The van der Waals surface area contributed by atoms with Crippen LogP contribution >= 0.6 is 11.6 Å². The molecule has 0 saturated carbocycles. The molecular formula is C24H27ClN4O3. The van der Waals surface area contributed by atoms with Crippen LogP contribution in [0.4, 0.5) is 0 Å². The summed E-state index contributed by atoms with van der Waals surface area (Å²) in [5, 5.41) is 19.3. The first-order valence-corrected chi connectivity index (χ1v) is 11.6. The summed E-state index contributed by atoms with van der Waals surface area (Å²) in [5.74, 6) is -0.457. The molecule has 1 fully saturated rings. The Kier molecular flexibility index (Phi) is 6.92. The Bertz CT molecular complexity index is 1070. The zero-order valence-corrected chi connectivity index (χ0v) is 18.8. The average molecular weight is 455 g/mol. The SMILES string of the molecule is N#CCC1CCc2nc3cc(C(=O)N4CCN(CCCC(=O)O)CC4)ccc3c(Cl)c2C1. The van der Waals surface area contributed by atoms with Crippen molar-refractivity contribution in [1.82, 2.24) is 14.8 Å². The number of carboxylic acids is 1. The van der Waals surface area contributed by atoms with E-state index in [2.05, 4.69) is 11.0 Å². The lowest BCUT2D eigenvalue weighted by atomic mass is 9.84. The first-order valence-electron chi connectivity index (χ1n) is 11.2. The molecule has 2 aliphatic rings. The van der Waals surface area contributed by atoms with Crippen LogP contribution in [0.1, 0.15) is 47.3 Å². The molecule has 1 N–H and O–H groups in total. The first-order chi connectivity index (χ1) is 15.5. The minimum absolute atomic E-state index is 0.0122. The number of nitrogens with zero attached hydrogens (tertiary/aromatic N) is 4. The molecular weight excluding hydrogens is 428 g/mol. The second-order valence-electron chi connectivity index (χ2n) is 8.69. The quantitative estimate of drug-likeness (QED) is 0.717. The van der Waals surface area contributed by atoms with Crippen LogP contribution in [0.5, 0.6) is 0 Å². The highest BCUT2D eigenvalue weighted by atomic mass is 35.5. The van der Waals surface area contributed by atoms with Crippen molar-refractivity contribution in [3.63, 3.8) is 0 Å². The molecule has 1 aromatic heterocycles. The van der Waals surface area contributed by atoms with Crippen molar-refractivity contribution < 1.29 is 14.7 Å². The molecule has 1 aliphatic heterocycles. The van der Waals surface area contributed by atoms with Gasteiger partial charge in [-0.15, -0.1) is 0 Å². The third kappa shape index (κ3) is 4.87. The van der Waals surface area contributed by atoms with Crippen molar-refractivity contribution in [2.45, 2.75) is 38.5 Å². The maximum absolute atomic E-state index is 13.1. The fourth-order valence-electron chi connectivity index (χ4n) is 4.71. The van der Waals surface area contributed by atoms with E-state index in [-0.39, 0.29) is 12.3 Å². The van der Waals surface area contributed by atoms with Gasteiger partial charge in [-0.25, -0.2) is 0 Å². The van der Waals surface area contributed by atoms with Gasteiger partial charge in [-0.05, 0) is 55.8 Å². The zero-order valence-electron chi connectivity index (χ0n) is 18.0. The Labute approximate surface area is 192 Å². The predicted molar refractivity (Wildman–Crippen MR) is 122 cm³/mol. The molecule has 2 aromatic rings. The maximum atomic E-state index is 13.1. The van der Waals surface area contributed by atoms with E-state index in [0.29, 0.717) is 42.4 Å². The number of carbonyl (C=O) groups is 2. The summed E-state index contributed by atoms with van der Waals surface area (Å²) in [6.45, 7) is 3.50. The van der Waals surface area contributed by atoms with E-state index < -0.39 is 5.97 Å². The molecule has 1 amide bonds. The molecule has 32 heavy (non-hydrogen) atoms. The number of amides is 1. The van der Waals surface area contributed by atoms with E-state index in [1.54, 1.807) is 0 Å². The summed E-state index contributed by atoms with van der Waals surface area (Å²) >= 11 is 6.72. The Balaban J connectivity index is 1.45. The predicted octanol–water partition coefficient (Wildman–Crippen LogP) is 3.53. The van der Waals surface area contributed by atoms with Crippen LogP contribution in [0, 0.1) is 17.2 Å². The topological polar surface area (TPSA) is 97.5 Å². The first kappa shape index (κ1) is 22.5. The average Bonchev–Trinajstić information content (AvgIpc) is 2.79. The summed E-state index contributed by atoms with van der Waals surface area (Å²) in [4.78, 5) is 32.6. The zero-order chi connectivity index (χ0) is 22.7. The number of carboxylic acid groups (broad SMARTS) is 1. The monoisotopic (exact) mass is 454 g/mol.